The number of nitrogens with one attached hydrogen (secondary N) is 1. The van der Waals surface area contributed by atoms with Gasteiger partial charge in [-0.25, -0.2) is 4.98 Å². The average Bonchev–Trinajstić information content (AvgIpc) is 2.87. The van der Waals surface area contributed by atoms with E-state index in [1.807, 2.05) is 24.3 Å². The van der Waals surface area contributed by atoms with E-state index in [9.17, 15) is 13.2 Å². The smallest absolute Gasteiger partial charge is 0.417 e. The minimum atomic E-state index is -4.41. The van der Waals surface area contributed by atoms with E-state index >= 15 is 0 Å². The Bertz CT molecular complexity index is 991. The molecule has 154 valence electrons. The van der Waals surface area contributed by atoms with E-state index in [4.69, 9.17) is 4.74 Å². The van der Waals surface area contributed by atoms with E-state index in [0.29, 0.717) is 23.6 Å². The van der Waals surface area contributed by atoms with Gasteiger partial charge in [0.25, 0.3) is 0 Å². The zero-order chi connectivity index (χ0) is 20.4. The molecule has 1 aromatic carbocycles. The maximum atomic E-state index is 13.3. The summed E-state index contributed by atoms with van der Waals surface area (Å²) in [4.78, 5) is 6.93. The molecule has 1 aliphatic rings. The number of hydrogen-bond donors (Lipinski definition) is 1. The number of nitrogens with zero attached hydrogens (tertiary/aromatic N) is 3. The molecule has 0 aliphatic carbocycles. The molecule has 1 saturated heterocycles. The first kappa shape index (κ1) is 19.7. The van der Waals surface area contributed by atoms with Crippen LogP contribution in [0, 0.1) is 0 Å². The van der Waals surface area contributed by atoms with Crippen LogP contribution in [0.25, 0.3) is 16.9 Å². The van der Waals surface area contributed by atoms with Crippen molar-refractivity contribution in [2.75, 3.05) is 33.3 Å². The Morgan fingerprint density at radius 3 is 2.72 bits per heavy atom. The van der Waals surface area contributed by atoms with E-state index in [1.165, 1.54) is 6.07 Å². The maximum Gasteiger partial charge on any atom is 0.417 e. The highest BCUT2D eigenvalue weighted by atomic mass is 19.4. The third kappa shape index (κ3) is 4.09. The first-order valence-electron chi connectivity index (χ1n) is 9.62. The Morgan fingerprint density at radius 2 is 1.93 bits per heavy atom. The molecule has 0 amide bonds. The zero-order valence-electron chi connectivity index (χ0n) is 16.2. The van der Waals surface area contributed by atoms with Gasteiger partial charge in [0.2, 0.25) is 0 Å². The second kappa shape index (κ2) is 8.04. The average molecular weight is 404 g/mol. The molecule has 8 heteroatoms. The second-order valence-electron chi connectivity index (χ2n) is 7.13. The highest BCUT2D eigenvalue weighted by molar-refractivity contribution is 5.72. The summed E-state index contributed by atoms with van der Waals surface area (Å²) in [6.07, 6.45) is -2.27. The van der Waals surface area contributed by atoms with Crippen molar-refractivity contribution in [3.05, 3.63) is 53.9 Å². The number of pyridine rings is 1. The summed E-state index contributed by atoms with van der Waals surface area (Å²) in [6.45, 7) is 4.02. The Morgan fingerprint density at radius 1 is 1.10 bits per heavy atom. The third-order valence-electron chi connectivity index (χ3n) is 5.21. The van der Waals surface area contributed by atoms with Crippen molar-refractivity contribution in [1.82, 2.24) is 19.6 Å². The van der Waals surface area contributed by atoms with Gasteiger partial charge < -0.3 is 14.5 Å². The van der Waals surface area contributed by atoms with Crippen molar-refractivity contribution in [1.29, 1.82) is 0 Å². The summed E-state index contributed by atoms with van der Waals surface area (Å²) in [6, 6.07) is 9.96. The number of benzene rings is 1. The molecule has 3 aromatic rings. The summed E-state index contributed by atoms with van der Waals surface area (Å²) >= 11 is 0. The molecule has 4 rings (SSSR count). The zero-order valence-corrected chi connectivity index (χ0v) is 16.2. The van der Waals surface area contributed by atoms with Gasteiger partial charge in [0.15, 0.2) is 0 Å². The van der Waals surface area contributed by atoms with Gasteiger partial charge in [0.1, 0.15) is 11.4 Å². The summed E-state index contributed by atoms with van der Waals surface area (Å²) in [7, 11) is 1.58. The van der Waals surface area contributed by atoms with Gasteiger partial charge in [0.05, 0.1) is 24.1 Å². The molecule has 0 radical (unpaired) electrons. The quantitative estimate of drug-likeness (QED) is 0.718. The number of hydrogen-bond acceptors (Lipinski definition) is 4. The standard InChI is InChI=1S/C21H23F3N4O/c1-29-18-6-3-2-5-16(18)20-17(14-27-11-4-9-25-10-12-27)28-13-15(21(22,23)24)7-8-19(28)26-20/h2-3,5-8,13,25H,4,9-12,14H2,1H3. The molecule has 29 heavy (non-hydrogen) atoms. The van der Waals surface area contributed by atoms with Gasteiger partial charge in [0, 0.05) is 31.4 Å². The molecular weight excluding hydrogens is 381 g/mol. The predicted molar refractivity (Wildman–Crippen MR) is 105 cm³/mol. The van der Waals surface area contributed by atoms with Crippen LogP contribution in [-0.2, 0) is 12.7 Å². The lowest BCUT2D eigenvalue weighted by molar-refractivity contribution is -0.137. The number of imidazole rings is 1. The summed E-state index contributed by atoms with van der Waals surface area (Å²) < 4.78 is 47.1. The van der Waals surface area contributed by atoms with Crippen molar-refractivity contribution < 1.29 is 17.9 Å². The van der Waals surface area contributed by atoms with Crippen LogP contribution >= 0.6 is 0 Å². The lowest BCUT2D eigenvalue weighted by Crippen LogP contribution is -2.28. The van der Waals surface area contributed by atoms with Crippen LogP contribution < -0.4 is 10.1 Å². The van der Waals surface area contributed by atoms with Gasteiger partial charge in [-0.2, -0.15) is 13.2 Å². The molecule has 2 aromatic heterocycles. The molecule has 5 nitrogen and oxygen atoms in total. The first-order chi connectivity index (χ1) is 14.0. The van der Waals surface area contributed by atoms with Crippen LogP contribution in [0.15, 0.2) is 42.6 Å². The lowest BCUT2D eigenvalue weighted by atomic mass is 10.1. The largest absolute Gasteiger partial charge is 0.496 e. The number of aromatic nitrogens is 2. The maximum absolute atomic E-state index is 13.3. The van der Waals surface area contributed by atoms with Crippen LogP contribution in [0.5, 0.6) is 5.75 Å². The molecule has 0 atom stereocenters. The van der Waals surface area contributed by atoms with Crippen molar-refractivity contribution in [3.63, 3.8) is 0 Å². The number of alkyl halides is 3. The lowest BCUT2D eigenvalue weighted by Gasteiger charge is -2.20. The molecule has 3 heterocycles. The Kier molecular flexibility index (Phi) is 5.47. The number of methoxy groups -OCH3 is 1. The molecule has 0 saturated carbocycles. The second-order valence-corrected chi connectivity index (χ2v) is 7.13. The van der Waals surface area contributed by atoms with Crippen molar-refractivity contribution in [2.45, 2.75) is 19.1 Å². The van der Waals surface area contributed by atoms with E-state index in [2.05, 4.69) is 15.2 Å². The number of halogens is 3. The van der Waals surface area contributed by atoms with Gasteiger partial charge in [-0.3, -0.25) is 4.90 Å². The van der Waals surface area contributed by atoms with Crippen molar-refractivity contribution >= 4 is 5.65 Å². The first-order valence-corrected chi connectivity index (χ1v) is 9.62. The van der Waals surface area contributed by atoms with Crippen LogP contribution in [0.3, 0.4) is 0 Å². The minimum absolute atomic E-state index is 0.488. The topological polar surface area (TPSA) is 41.8 Å². The van der Waals surface area contributed by atoms with Crippen LogP contribution in [0.2, 0.25) is 0 Å². The number of para-hydroxylation sites is 1. The van der Waals surface area contributed by atoms with Gasteiger partial charge in [-0.15, -0.1) is 0 Å². The third-order valence-corrected chi connectivity index (χ3v) is 5.21. The fraction of sp³-hybridized carbons (Fsp3) is 0.381. The molecular formula is C21H23F3N4O. The minimum Gasteiger partial charge on any atom is -0.496 e. The molecule has 0 unspecified atom stereocenters. The van der Waals surface area contributed by atoms with Crippen LogP contribution in [0.4, 0.5) is 13.2 Å². The number of fused-ring (bicyclic) bond motifs is 1. The molecule has 1 fully saturated rings. The Labute approximate surface area is 167 Å². The van der Waals surface area contributed by atoms with Crippen LogP contribution in [0.1, 0.15) is 17.7 Å². The number of ether oxygens (including phenoxy) is 1. The van der Waals surface area contributed by atoms with E-state index < -0.39 is 11.7 Å². The van der Waals surface area contributed by atoms with Crippen LogP contribution in [-0.4, -0.2) is 47.6 Å². The SMILES string of the molecule is COc1ccccc1-c1nc2ccc(C(F)(F)F)cn2c1CN1CCCNCC1. The van der Waals surface area contributed by atoms with Crippen molar-refractivity contribution in [2.24, 2.45) is 0 Å². The predicted octanol–water partition coefficient (Wildman–Crippen LogP) is 3.82. The monoisotopic (exact) mass is 404 g/mol. The highest BCUT2D eigenvalue weighted by Gasteiger charge is 2.31. The normalized spacial score (nSPS) is 16.1. The van der Waals surface area contributed by atoms with Crippen molar-refractivity contribution in [3.8, 4) is 17.0 Å². The Balaban J connectivity index is 1.87. The Hall–Kier alpha value is -2.58. The summed E-state index contributed by atoms with van der Waals surface area (Å²) in [5, 5.41) is 3.35. The molecule has 0 bridgehead atoms. The fourth-order valence-corrected chi connectivity index (χ4v) is 3.74. The summed E-state index contributed by atoms with van der Waals surface area (Å²) in [5.41, 5.74) is 1.96. The number of rotatable bonds is 4. The van der Waals surface area contributed by atoms with Gasteiger partial charge in [-0.05, 0) is 43.8 Å². The van der Waals surface area contributed by atoms with E-state index in [1.54, 1.807) is 11.5 Å². The fourth-order valence-electron chi connectivity index (χ4n) is 3.74. The highest BCUT2D eigenvalue weighted by Crippen LogP contribution is 2.35. The molecule has 1 aliphatic heterocycles. The molecule has 1 N–H and O–H groups in total. The van der Waals surface area contributed by atoms with E-state index in [-0.39, 0.29) is 0 Å². The molecule has 0 spiro atoms. The summed E-state index contributed by atoms with van der Waals surface area (Å²) in [5.74, 6) is 0.644. The van der Waals surface area contributed by atoms with E-state index in [0.717, 1.165) is 56.1 Å². The van der Waals surface area contributed by atoms with Gasteiger partial charge in [-0.1, -0.05) is 12.1 Å². The van der Waals surface area contributed by atoms with Gasteiger partial charge >= 0.3 is 6.18 Å².